The number of halogens is 2. The van der Waals surface area contributed by atoms with Crippen molar-refractivity contribution in [3.8, 4) is 0 Å². The molecule has 2 aromatic rings. The first kappa shape index (κ1) is 14.0. The van der Waals surface area contributed by atoms with Crippen molar-refractivity contribution in [3.05, 3.63) is 52.8 Å². The zero-order chi connectivity index (χ0) is 13.8. The van der Waals surface area contributed by atoms with Crippen molar-refractivity contribution < 1.29 is 4.39 Å². The monoisotopic (exact) mass is 281 g/mol. The van der Waals surface area contributed by atoms with Gasteiger partial charge < -0.3 is 9.88 Å². The quantitative estimate of drug-likeness (QED) is 0.911. The van der Waals surface area contributed by atoms with E-state index < -0.39 is 0 Å². The molecule has 0 spiro atoms. The molecule has 1 N–H and O–H groups in total. The number of aromatic nitrogens is 2. The van der Waals surface area contributed by atoms with Gasteiger partial charge in [-0.15, -0.1) is 0 Å². The third-order valence-corrected chi connectivity index (χ3v) is 3.26. The van der Waals surface area contributed by atoms with Crippen LogP contribution in [0.25, 0.3) is 0 Å². The molecule has 1 aromatic carbocycles. The second-order valence-electron chi connectivity index (χ2n) is 4.48. The number of benzene rings is 1. The Labute approximate surface area is 117 Å². The highest BCUT2D eigenvalue weighted by Crippen LogP contribution is 2.26. The molecule has 1 heterocycles. The predicted octanol–water partition coefficient (Wildman–Crippen LogP) is 3.30. The van der Waals surface area contributed by atoms with Gasteiger partial charge in [-0.05, 0) is 25.1 Å². The normalized spacial score (nSPS) is 12.6. The Morgan fingerprint density at radius 1 is 1.47 bits per heavy atom. The van der Waals surface area contributed by atoms with E-state index in [-0.39, 0.29) is 11.9 Å². The van der Waals surface area contributed by atoms with Gasteiger partial charge in [-0.2, -0.15) is 0 Å². The minimum atomic E-state index is -0.303. The van der Waals surface area contributed by atoms with Crippen LogP contribution in [0.5, 0.6) is 0 Å². The van der Waals surface area contributed by atoms with Crippen molar-refractivity contribution in [3.63, 3.8) is 0 Å². The Bertz CT molecular complexity index is 553. The smallest absolute Gasteiger partial charge is 0.129 e. The van der Waals surface area contributed by atoms with Crippen LogP contribution in [0.4, 0.5) is 4.39 Å². The summed E-state index contributed by atoms with van der Waals surface area (Å²) < 4.78 is 16.0. The van der Waals surface area contributed by atoms with Crippen molar-refractivity contribution in [2.75, 3.05) is 6.54 Å². The third kappa shape index (κ3) is 3.14. The average Bonchev–Trinajstić information content (AvgIpc) is 2.78. The van der Waals surface area contributed by atoms with Crippen LogP contribution in [0, 0.1) is 5.82 Å². The molecule has 0 aliphatic rings. The lowest BCUT2D eigenvalue weighted by Crippen LogP contribution is -2.25. The minimum absolute atomic E-state index is 0.218. The summed E-state index contributed by atoms with van der Waals surface area (Å²) in [7, 11) is 1.90. The Hall–Kier alpha value is -1.39. The number of nitrogens with zero attached hydrogens (tertiary/aromatic N) is 2. The van der Waals surface area contributed by atoms with Crippen LogP contribution in [-0.4, -0.2) is 16.1 Å². The fourth-order valence-electron chi connectivity index (χ4n) is 2.04. The van der Waals surface area contributed by atoms with Gasteiger partial charge >= 0.3 is 0 Å². The summed E-state index contributed by atoms with van der Waals surface area (Å²) in [6, 6.07) is 4.55. The highest BCUT2D eigenvalue weighted by molar-refractivity contribution is 6.30. The summed E-state index contributed by atoms with van der Waals surface area (Å²) >= 11 is 5.80. The van der Waals surface area contributed by atoms with Gasteiger partial charge in [-0.25, -0.2) is 9.37 Å². The maximum Gasteiger partial charge on any atom is 0.129 e. The van der Waals surface area contributed by atoms with E-state index in [0.29, 0.717) is 10.6 Å². The lowest BCUT2D eigenvalue weighted by atomic mass is 10.0. The van der Waals surface area contributed by atoms with Crippen LogP contribution in [0.2, 0.25) is 5.02 Å². The molecule has 102 valence electrons. The molecule has 3 nitrogen and oxygen atoms in total. The number of aryl methyl sites for hydroxylation is 1. The second kappa shape index (κ2) is 6.17. The molecule has 0 fully saturated rings. The zero-order valence-corrected chi connectivity index (χ0v) is 11.8. The van der Waals surface area contributed by atoms with E-state index >= 15 is 0 Å². The topological polar surface area (TPSA) is 29.9 Å². The first-order chi connectivity index (χ1) is 9.13. The lowest BCUT2D eigenvalue weighted by Gasteiger charge is -2.20. The largest absolute Gasteiger partial charge is 0.336 e. The highest BCUT2D eigenvalue weighted by atomic mass is 35.5. The Morgan fingerprint density at radius 2 is 2.26 bits per heavy atom. The Kier molecular flexibility index (Phi) is 4.56. The summed E-state index contributed by atoms with van der Waals surface area (Å²) in [4.78, 5) is 4.10. The summed E-state index contributed by atoms with van der Waals surface area (Å²) in [5, 5.41) is 3.75. The van der Waals surface area contributed by atoms with Crippen molar-refractivity contribution in [1.29, 1.82) is 0 Å². The summed E-state index contributed by atoms with van der Waals surface area (Å²) in [6.07, 6.45) is 4.44. The molecular weight excluding hydrogens is 265 g/mol. The fraction of sp³-hybridized carbons (Fsp3) is 0.357. The molecule has 0 amide bonds. The molecular formula is C14H17ClFN3. The van der Waals surface area contributed by atoms with Crippen LogP contribution in [0.3, 0.4) is 0 Å². The van der Waals surface area contributed by atoms with E-state index in [9.17, 15) is 4.39 Å². The number of hydrogen-bond donors (Lipinski definition) is 1. The molecule has 2 rings (SSSR count). The van der Waals surface area contributed by atoms with Gasteiger partial charge in [0.05, 0.1) is 24.3 Å². The molecule has 1 unspecified atom stereocenters. The van der Waals surface area contributed by atoms with E-state index in [1.165, 1.54) is 6.07 Å². The molecule has 5 heteroatoms. The van der Waals surface area contributed by atoms with Gasteiger partial charge in [0.1, 0.15) is 5.82 Å². The van der Waals surface area contributed by atoms with Crippen LogP contribution in [-0.2, 0) is 7.05 Å². The minimum Gasteiger partial charge on any atom is -0.336 e. The van der Waals surface area contributed by atoms with Gasteiger partial charge in [-0.1, -0.05) is 24.6 Å². The highest BCUT2D eigenvalue weighted by Gasteiger charge is 2.20. The molecule has 0 aliphatic heterocycles. The Balaban J connectivity index is 2.40. The molecule has 1 atom stereocenters. The van der Waals surface area contributed by atoms with Crippen molar-refractivity contribution in [1.82, 2.24) is 14.9 Å². The van der Waals surface area contributed by atoms with E-state index in [0.717, 1.165) is 18.7 Å². The molecule has 0 aliphatic carbocycles. The standard InChI is InChI=1S/C14H17ClFN3/c1-3-6-18-14(13-8-17-9-19(13)2)11-5-4-10(15)7-12(11)16/h4-5,7-9,14,18H,3,6H2,1-2H3. The van der Waals surface area contributed by atoms with Gasteiger partial charge in [0.25, 0.3) is 0 Å². The number of rotatable bonds is 5. The average molecular weight is 282 g/mol. The molecule has 19 heavy (non-hydrogen) atoms. The first-order valence-electron chi connectivity index (χ1n) is 6.28. The summed E-state index contributed by atoms with van der Waals surface area (Å²) in [5.74, 6) is -0.303. The van der Waals surface area contributed by atoms with Crippen LogP contribution in [0.1, 0.15) is 30.6 Å². The molecule has 1 aromatic heterocycles. The lowest BCUT2D eigenvalue weighted by molar-refractivity contribution is 0.529. The number of imidazole rings is 1. The molecule has 0 saturated heterocycles. The van der Waals surface area contributed by atoms with E-state index in [2.05, 4.69) is 17.2 Å². The maximum absolute atomic E-state index is 14.1. The van der Waals surface area contributed by atoms with Gasteiger partial charge in [0, 0.05) is 17.6 Å². The van der Waals surface area contributed by atoms with Crippen LogP contribution >= 0.6 is 11.6 Å². The van der Waals surface area contributed by atoms with Crippen molar-refractivity contribution in [2.24, 2.45) is 7.05 Å². The fourth-order valence-corrected chi connectivity index (χ4v) is 2.20. The maximum atomic E-state index is 14.1. The predicted molar refractivity (Wildman–Crippen MR) is 74.8 cm³/mol. The van der Waals surface area contributed by atoms with E-state index in [1.54, 1.807) is 24.7 Å². The second-order valence-corrected chi connectivity index (χ2v) is 4.92. The SMILES string of the molecule is CCCNC(c1ccc(Cl)cc1F)c1cncn1C. The van der Waals surface area contributed by atoms with Gasteiger partial charge in [0.2, 0.25) is 0 Å². The third-order valence-electron chi connectivity index (χ3n) is 3.02. The Morgan fingerprint density at radius 3 is 2.84 bits per heavy atom. The van der Waals surface area contributed by atoms with Crippen molar-refractivity contribution in [2.45, 2.75) is 19.4 Å². The first-order valence-corrected chi connectivity index (χ1v) is 6.65. The number of nitrogens with one attached hydrogen (secondary N) is 1. The van der Waals surface area contributed by atoms with Crippen LogP contribution < -0.4 is 5.32 Å². The molecule has 0 radical (unpaired) electrons. The van der Waals surface area contributed by atoms with E-state index in [4.69, 9.17) is 11.6 Å². The summed E-state index contributed by atoms with van der Waals surface area (Å²) in [6.45, 7) is 2.88. The van der Waals surface area contributed by atoms with Gasteiger partial charge in [-0.3, -0.25) is 0 Å². The van der Waals surface area contributed by atoms with E-state index in [1.807, 2.05) is 11.6 Å². The zero-order valence-electron chi connectivity index (χ0n) is 11.0. The number of hydrogen-bond acceptors (Lipinski definition) is 2. The molecule has 0 saturated carbocycles. The molecule has 0 bridgehead atoms. The summed E-state index contributed by atoms with van der Waals surface area (Å²) in [5.41, 5.74) is 1.51. The van der Waals surface area contributed by atoms with Crippen molar-refractivity contribution >= 4 is 11.6 Å². The van der Waals surface area contributed by atoms with Crippen LogP contribution in [0.15, 0.2) is 30.7 Å². The van der Waals surface area contributed by atoms with Gasteiger partial charge in [0.15, 0.2) is 0 Å².